The number of likely N-dealkylation sites (tertiary alicyclic amines) is 1. The SMILES string of the molecule is CCN(C(=O)OC1C=CC=C(CC(C)(F)F)C1)C1CCCN(Cc2cc#ccc2)C1. The quantitative estimate of drug-likeness (QED) is 0.626. The van der Waals surface area contributed by atoms with Crippen LogP contribution in [0.2, 0.25) is 0 Å². The van der Waals surface area contributed by atoms with E-state index in [9.17, 15) is 13.6 Å². The minimum atomic E-state index is -2.76. The van der Waals surface area contributed by atoms with Gasteiger partial charge in [-0.25, -0.2) is 13.6 Å². The molecule has 1 fully saturated rings. The fourth-order valence-electron chi connectivity index (χ4n) is 4.22. The summed E-state index contributed by atoms with van der Waals surface area (Å²) >= 11 is 0. The molecule has 1 amide bonds. The summed E-state index contributed by atoms with van der Waals surface area (Å²) in [5.41, 5.74) is 1.78. The number of rotatable bonds is 7. The van der Waals surface area contributed by atoms with Crippen molar-refractivity contribution in [2.45, 2.75) is 64.1 Å². The Hall–Kier alpha value is -2.39. The van der Waals surface area contributed by atoms with Crippen LogP contribution in [0.15, 0.2) is 42.0 Å². The number of alkyl halides is 2. The third-order valence-corrected chi connectivity index (χ3v) is 5.54. The molecule has 1 aliphatic heterocycles. The molecule has 2 unspecified atom stereocenters. The van der Waals surface area contributed by atoms with E-state index in [4.69, 9.17) is 4.74 Å². The predicted molar refractivity (Wildman–Crippen MR) is 112 cm³/mol. The number of ether oxygens (including phenoxy) is 1. The minimum Gasteiger partial charge on any atom is -0.441 e. The number of halogens is 2. The standard InChI is InChI=1S/C24H30F2N2O2/c1-3-28(21-12-8-14-27(18-21)17-19-9-5-4-6-10-19)23(29)30-22-13-7-11-20(15-22)16-24(2,25)26/h5,7,9-11,13,21-22H,3,8,12,14-18H2,1-2H3. The van der Waals surface area contributed by atoms with Gasteiger partial charge in [0.25, 0.3) is 0 Å². The van der Waals surface area contributed by atoms with Crippen LogP contribution in [-0.4, -0.2) is 53.6 Å². The van der Waals surface area contributed by atoms with E-state index in [0.29, 0.717) is 18.5 Å². The number of carbonyl (C=O) groups excluding carboxylic acids is 1. The van der Waals surface area contributed by atoms with Crippen LogP contribution in [0.25, 0.3) is 0 Å². The molecule has 162 valence electrons. The lowest BCUT2D eigenvalue weighted by atomic mass is 9.97. The Labute approximate surface area is 178 Å². The summed E-state index contributed by atoms with van der Waals surface area (Å²) in [6.07, 6.45) is 6.25. The average molecular weight is 417 g/mol. The third-order valence-electron chi connectivity index (χ3n) is 5.54. The van der Waals surface area contributed by atoms with Gasteiger partial charge in [0.2, 0.25) is 5.92 Å². The highest BCUT2D eigenvalue weighted by Gasteiger charge is 2.31. The molecule has 0 radical (unpaired) electrons. The van der Waals surface area contributed by atoms with Gasteiger partial charge < -0.3 is 9.64 Å². The van der Waals surface area contributed by atoms with Crippen molar-refractivity contribution < 1.29 is 18.3 Å². The van der Waals surface area contributed by atoms with Crippen LogP contribution in [0.3, 0.4) is 0 Å². The van der Waals surface area contributed by atoms with Crippen molar-refractivity contribution in [3.05, 3.63) is 59.7 Å². The van der Waals surface area contributed by atoms with Crippen molar-refractivity contribution in [2.75, 3.05) is 19.6 Å². The highest BCUT2D eigenvalue weighted by molar-refractivity contribution is 5.68. The van der Waals surface area contributed by atoms with Crippen molar-refractivity contribution in [2.24, 2.45) is 0 Å². The Morgan fingerprint density at radius 3 is 2.93 bits per heavy atom. The van der Waals surface area contributed by atoms with Crippen LogP contribution in [0.5, 0.6) is 0 Å². The monoisotopic (exact) mass is 416 g/mol. The lowest BCUT2D eigenvalue weighted by molar-refractivity contribution is 0.0190. The molecule has 1 aliphatic carbocycles. The molecule has 0 aromatic heterocycles. The van der Waals surface area contributed by atoms with E-state index in [2.05, 4.69) is 17.0 Å². The zero-order valence-electron chi connectivity index (χ0n) is 17.7. The topological polar surface area (TPSA) is 32.8 Å². The van der Waals surface area contributed by atoms with Gasteiger partial charge in [-0.1, -0.05) is 29.9 Å². The summed E-state index contributed by atoms with van der Waals surface area (Å²) in [5, 5.41) is 0. The van der Waals surface area contributed by atoms with Crippen LogP contribution in [0, 0.1) is 12.1 Å². The summed E-state index contributed by atoms with van der Waals surface area (Å²) in [7, 11) is 0. The fourth-order valence-corrected chi connectivity index (χ4v) is 4.22. The average Bonchev–Trinajstić information content (AvgIpc) is 2.68. The fraction of sp³-hybridized carbons (Fsp3) is 0.542. The van der Waals surface area contributed by atoms with Crippen molar-refractivity contribution >= 4 is 6.09 Å². The smallest absolute Gasteiger partial charge is 0.410 e. The number of carbonyl (C=O) groups is 1. The summed E-state index contributed by atoms with van der Waals surface area (Å²) in [6, 6.07) is 11.8. The van der Waals surface area contributed by atoms with Gasteiger partial charge in [0, 0.05) is 38.5 Å². The lowest BCUT2D eigenvalue weighted by Gasteiger charge is -2.39. The molecule has 6 heteroatoms. The van der Waals surface area contributed by atoms with Gasteiger partial charge in [0.1, 0.15) is 6.10 Å². The van der Waals surface area contributed by atoms with Crippen molar-refractivity contribution in [1.82, 2.24) is 9.80 Å². The van der Waals surface area contributed by atoms with Crippen LogP contribution >= 0.6 is 0 Å². The molecule has 1 saturated heterocycles. The van der Waals surface area contributed by atoms with E-state index in [1.54, 1.807) is 23.1 Å². The maximum atomic E-state index is 13.3. The predicted octanol–water partition coefficient (Wildman–Crippen LogP) is 5.01. The number of hydrogen-bond acceptors (Lipinski definition) is 3. The van der Waals surface area contributed by atoms with Gasteiger partial charge in [-0.05, 0) is 63.1 Å². The van der Waals surface area contributed by atoms with E-state index in [1.807, 2.05) is 25.1 Å². The van der Waals surface area contributed by atoms with E-state index in [1.165, 1.54) is 5.56 Å². The van der Waals surface area contributed by atoms with Gasteiger partial charge in [0.05, 0.1) is 0 Å². The zero-order chi connectivity index (χ0) is 21.6. The molecular formula is C24H30F2N2O2. The number of nitrogens with zero attached hydrogens (tertiary/aromatic N) is 2. The lowest BCUT2D eigenvalue weighted by Crippen LogP contribution is -2.50. The highest BCUT2D eigenvalue weighted by atomic mass is 19.3. The zero-order valence-corrected chi connectivity index (χ0v) is 17.7. The van der Waals surface area contributed by atoms with Crippen LogP contribution in [0.4, 0.5) is 13.6 Å². The van der Waals surface area contributed by atoms with E-state index in [0.717, 1.165) is 39.4 Å². The Bertz CT molecular complexity index is 758. The van der Waals surface area contributed by atoms with Crippen molar-refractivity contribution in [3.63, 3.8) is 0 Å². The molecule has 0 spiro atoms. The van der Waals surface area contributed by atoms with Crippen molar-refractivity contribution in [3.8, 4) is 0 Å². The number of hydrogen-bond donors (Lipinski definition) is 0. The molecule has 1 aromatic carbocycles. The Morgan fingerprint density at radius 1 is 1.40 bits per heavy atom. The highest BCUT2D eigenvalue weighted by Crippen LogP contribution is 2.28. The third kappa shape index (κ3) is 6.56. The number of piperidine rings is 1. The second kappa shape index (κ2) is 10.1. The van der Waals surface area contributed by atoms with Crippen molar-refractivity contribution in [1.29, 1.82) is 0 Å². The molecule has 1 heterocycles. The molecule has 1 aromatic rings. The summed E-state index contributed by atoms with van der Waals surface area (Å²) in [5.74, 6) is -2.76. The van der Waals surface area contributed by atoms with Gasteiger partial charge in [0.15, 0.2) is 0 Å². The number of amides is 1. The largest absolute Gasteiger partial charge is 0.441 e. The molecule has 2 atom stereocenters. The van der Waals surface area contributed by atoms with Gasteiger partial charge in [-0.3, -0.25) is 4.90 Å². The molecule has 4 nitrogen and oxygen atoms in total. The van der Waals surface area contributed by atoms with Crippen LogP contribution in [-0.2, 0) is 11.3 Å². The van der Waals surface area contributed by atoms with E-state index >= 15 is 0 Å². The Morgan fingerprint density at radius 2 is 2.23 bits per heavy atom. The first kappa shape index (κ1) is 22.3. The second-order valence-corrected chi connectivity index (χ2v) is 8.24. The van der Waals surface area contributed by atoms with Gasteiger partial charge in [-0.2, -0.15) is 0 Å². The summed E-state index contributed by atoms with van der Waals surface area (Å²) < 4.78 is 32.3. The summed E-state index contributed by atoms with van der Waals surface area (Å²) in [6.45, 7) is 6.01. The Balaban J connectivity index is 1.55. The number of allylic oxidation sites excluding steroid dienone is 2. The maximum Gasteiger partial charge on any atom is 0.410 e. The van der Waals surface area contributed by atoms with Crippen LogP contribution < -0.4 is 0 Å². The first-order chi connectivity index (χ1) is 14.3. The first-order valence-electron chi connectivity index (χ1n) is 10.6. The maximum absolute atomic E-state index is 13.3. The van der Waals surface area contributed by atoms with Gasteiger partial charge in [-0.15, -0.1) is 0 Å². The molecule has 0 bridgehead atoms. The molecule has 30 heavy (non-hydrogen) atoms. The molecule has 0 saturated carbocycles. The Kier molecular flexibility index (Phi) is 7.49. The minimum absolute atomic E-state index is 0.0815. The normalized spacial score (nSPS) is 22.2. The first-order valence-corrected chi connectivity index (χ1v) is 10.6. The molecule has 2 aliphatic rings. The summed E-state index contributed by atoms with van der Waals surface area (Å²) in [4.78, 5) is 17.0. The van der Waals surface area contributed by atoms with Crippen LogP contribution in [0.1, 0.15) is 45.1 Å². The van der Waals surface area contributed by atoms with E-state index < -0.39 is 12.0 Å². The number of likely N-dealkylation sites (N-methyl/N-ethyl adjacent to an activating group) is 1. The molecule has 0 N–H and O–H groups in total. The van der Waals surface area contributed by atoms with Gasteiger partial charge >= 0.3 is 6.09 Å². The second-order valence-electron chi connectivity index (χ2n) is 8.24. The molecule has 3 rings (SSSR count). The molecular weight excluding hydrogens is 386 g/mol. The van der Waals surface area contributed by atoms with E-state index in [-0.39, 0.29) is 18.6 Å².